The molecule has 1 aliphatic rings. The number of hydrogen-bond donors (Lipinski definition) is 0. The number of carbonyl (C=O) groups is 1. The highest BCUT2D eigenvalue weighted by Crippen LogP contribution is 2.26. The Bertz CT molecular complexity index is 1030. The highest BCUT2D eigenvalue weighted by Gasteiger charge is 2.32. The number of hydrogen-bond acceptors (Lipinski definition) is 4. The Kier molecular flexibility index (Phi) is 6.42. The zero-order valence-corrected chi connectivity index (χ0v) is 17.9. The highest BCUT2D eigenvalue weighted by molar-refractivity contribution is 7.89. The first-order valence-electron chi connectivity index (χ1n) is 9.52. The summed E-state index contributed by atoms with van der Waals surface area (Å²) >= 11 is 0. The van der Waals surface area contributed by atoms with Crippen LogP contribution in [0.2, 0.25) is 0 Å². The van der Waals surface area contributed by atoms with Crippen molar-refractivity contribution in [3.63, 3.8) is 0 Å². The van der Waals surface area contributed by atoms with Gasteiger partial charge in [-0.3, -0.25) is 4.79 Å². The van der Waals surface area contributed by atoms with Gasteiger partial charge in [-0.05, 0) is 50.1 Å². The minimum Gasteiger partial charge on any atom is -0.435 e. The summed E-state index contributed by atoms with van der Waals surface area (Å²) in [6.07, 6.45) is 0. The molecule has 0 spiro atoms. The Morgan fingerprint density at radius 1 is 1.00 bits per heavy atom. The first-order chi connectivity index (χ1) is 14.1. The van der Waals surface area contributed by atoms with Crippen molar-refractivity contribution in [2.75, 3.05) is 26.2 Å². The van der Waals surface area contributed by atoms with Crippen LogP contribution in [0.5, 0.6) is 5.75 Å². The predicted molar refractivity (Wildman–Crippen MR) is 108 cm³/mol. The second kappa shape index (κ2) is 8.69. The molecule has 2 aromatic rings. The van der Waals surface area contributed by atoms with E-state index < -0.39 is 16.6 Å². The Labute approximate surface area is 175 Å². The third-order valence-corrected chi connectivity index (χ3v) is 7.24. The molecule has 162 valence electrons. The van der Waals surface area contributed by atoms with Gasteiger partial charge in [0.2, 0.25) is 10.0 Å². The van der Waals surface area contributed by atoms with Crippen LogP contribution in [0.1, 0.15) is 27.0 Å². The summed E-state index contributed by atoms with van der Waals surface area (Å²) in [5.74, 6) is -0.447. The number of ether oxygens (including phenoxy) is 1. The molecule has 2 aromatic carbocycles. The van der Waals surface area contributed by atoms with Crippen molar-refractivity contribution >= 4 is 15.9 Å². The van der Waals surface area contributed by atoms with Crippen LogP contribution in [-0.2, 0) is 10.0 Å². The van der Waals surface area contributed by atoms with Crippen molar-refractivity contribution in [2.45, 2.75) is 32.3 Å². The van der Waals surface area contributed by atoms with Gasteiger partial charge in [0.15, 0.2) is 0 Å². The molecule has 1 amide bonds. The Hall–Kier alpha value is -2.52. The van der Waals surface area contributed by atoms with Crippen molar-refractivity contribution in [3.8, 4) is 5.75 Å². The van der Waals surface area contributed by atoms with Gasteiger partial charge in [0.25, 0.3) is 5.91 Å². The Morgan fingerprint density at radius 2 is 1.60 bits per heavy atom. The number of benzene rings is 2. The SMILES string of the molecule is Cc1cc(C)c(S(=O)(=O)N2CCN(C(=O)c3cccc(OC(F)F)c3)CC2)c(C)c1. The maximum atomic E-state index is 13.2. The molecule has 0 aromatic heterocycles. The average Bonchev–Trinajstić information content (AvgIpc) is 2.66. The van der Waals surface area contributed by atoms with Gasteiger partial charge in [-0.15, -0.1) is 0 Å². The van der Waals surface area contributed by atoms with E-state index in [1.807, 2.05) is 19.1 Å². The van der Waals surface area contributed by atoms with Crippen molar-refractivity contribution < 1.29 is 26.7 Å². The molecule has 6 nitrogen and oxygen atoms in total. The number of rotatable bonds is 5. The fourth-order valence-electron chi connectivity index (χ4n) is 3.82. The van der Waals surface area contributed by atoms with Gasteiger partial charge in [0.05, 0.1) is 4.90 Å². The van der Waals surface area contributed by atoms with Crippen LogP contribution in [0.4, 0.5) is 8.78 Å². The zero-order chi connectivity index (χ0) is 22.1. The Balaban J connectivity index is 1.72. The summed E-state index contributed by atoms with van der Waals surface area (Å²) in [4.78, 5) is 14.6. The number of carbonyl (C=O) groups excluding carboxylic acids is 1. The van der Waals surface area contributed by atoms with Crippen LogP contribution in [0, 0.1) is 20.8 Å². The second-order valence-corrected chi connectivity index (χ2v) is 9.21. The van der Waals surface area contributed by atoms with Crippen molar-refractivity contribution in [1.82, 2.24) is 9.21 Å². The van der Waals surface area contributed by atoms with E-state index in [4.69, 9.17) is 0 Å². The minimum absolute atomic E-state index is 0.0950. The second-order valence-electron chi connectivity index (χ2n) is 7.33. The molecule has 0 saturated carbocycles. The van der Waals surface area contributed by atoms with Gasteiger partial charge in [-0.1, -0.05) is 23.8 Å². The average molecular weight is 438 g/mol. The summed E-state index contributed by atoms with van der Waals surface area (Å²) in [5, 5.41) is 0. The number of amides is 1. The smallest absolute Gasteiger partial charge is 0.387 e. The van der Waals surface area contributed by atoms with Gasteiger partial charge >= 0.3 is 6.61 Å². The fraction of sp³-hybridized carbons (Fsp3) is 0.381. The third kappa shape index (κ3) is 4.62. The van der Waals surface area contributed by atoms with Crippen molar-refractivity contribution in [2.24, 2.45) is 0 Å². The molecule has 9 heteroatoms. The van der Waals surface area contributed by atoms with E-state index in [1.54, 1.807) is 13.8 Å². The number of piperazine rings is 1. The first-order valence-corrected chi connectivity index (χ1v) is 11.0. The molecule has 0 bridgehead atoms. The van der Waals surface area contributed by atoms with Crippen LogP contribution < -0.4 is 4.74 Å². The van der Waals surface area contributed by atoms with Crippen molar-refractivity contribution in [3.05, 3.63) is 58.7 Å². The van der Waals surface area contributed by atoms with E-state index in [-0.39, 0.29) is 43.4 Å². The molecule has 1 fully saturated rings. The lowest BCUT2D eigenvalue weighted by atomic mass is 10.1. The van der Waals surface area contributed by atoms with Crippen LogP contribution in [0.25, 0.3) is 0 Å². The first kappa shape index (κ1) is 22.2. The highest BCUT2D eigenvalue weighted by atomic mass is 32.2. The van der Waals surface area contributed by atoms with E-state index in [0.29, 0.717) is 16.0 Å². The molecule has 0 unspecified atom stereocenters. The maximum absolute atomic E-state index is 13.2. The van der Waals surface area contributed by atoms with Gasteiger partial charge < -0.3 is 9.64 Å². The molecule has 0 N–H and O–H groups in total. The van der Waals surface area contributed by atoms with E-state index in [9.17, 15) is 22.0 Å². The molecule has 30 heavy (non-hydrogen) atoms. The third-order valence-electron chi connectivity index (χ3n) is 5.03. The van der Waals surface area contributed by atoms with Gasteiger partial charge in [0.1, 0.15) is 5.75 Å². The van der Waals surface area contributed by atoms with E-state index >= 15 is 0 Å². The van der Waals surface area contributed by atoms with Crippen LogP contribution in [0.3, 0.4) is 0 Å². The molecule has 1 heterocycles. The van der Waals surface area contributed by atoms with Gasteiger partial charge in [-0.25, -0.2) is 8.42 Å². The standard InChI is InChI=1S/C21H24F2N2O4S/c1-14-11-15(2)19(16(3)12-14)30(27,28)25-9-7-24(8-10-25)20(26)17-5-4-6-18(13-17)29-21(22)23/h4-6,11-13,21H,7-10H2,1-3H3. The molecule has 0 radical (unpaired) electrons. The lowest BCUT2D eigenvalue weighted by molar-refractivity contribution is -0.0499. The molecular weight excluding hydrogens is 414 g/mol. The van der Waals surface area contributed by atoms with Gasteiger partial charge in [-0.2, -0.15) is 13.1 Å². The minimum atomic E-state index is -3.68. The summed E-state index contributed by atoms with van der Waals surface area (Å²) in [5.41, 5.74) is 2.61. The number of nitrogens with zero attached hydrogens (tertiary/aromatic N) is 2. The number of aryl methyl sites for hydroxylation is 3. The normalized spacial score (nSPS) is 15.5. The maximum Gasteiger partial charge on any atom is 0.387 e. The number of halogens is 2. The van der Waals surface area contributed by atoms with E-state index in [0.717, 1.165) is 5.56 Å². The molecule has 1 saturated heterocycles. The molecule has 3 rings (SSSR count). The zero-order valence-electron chi connectivity index (χ0n) is 17.1. The predicted octanol–water partition coefficient (Wildman–Crippen LogP) is 3.36. The van der Waals surface area contributed by atoms with Crippen LogP contribution in [0.15, 0.2) is 41.3 Å². The molecule has 1 aliphatic heterocycles. The largest absolute Gasteiger partial charge is 0.435 e. The lowest BCUT2D eigenvalue weighted by Gasteiger charge is -2.34. The van der Waals surface area contributed by atoms with Crippen molar-refractivity contribution in [1.29, 1.82) is 0 Å². The Morgan fingerprint density at radius 3 is 2.17 bits per heavy atom. The summed E-state index contributed by atoms with van der Waals surface area (Å²) < 4.78 is 56.9. The van der Waals surface area contributed by atoms with Crippen LogP contribution >= 0.6 is 0 Å². The number of sulfonamides is 1. The van der Waals surface area contributed by atoms with Gasteiger partial charge in [0, 0.05) is 31.7 Å². The topological polar surface area (TPSA) is 66.9 Å². The fourth-order valence-corrected chi connectivity index (χ4v) is 5.66. The molecule has 0 atom stereocenters. The summed E-state index contributed by atoms with van der Waals surface area (Å²) in [6.45, 7) is 3.24. The lowest BCUT2D eigenvalue weighted by Crippen LogP contribution is -2.50. The van der Waals surface area contributed by atoms with E-state index in [2.05, 4.69) is 4.74 Å². The quantitative estimate of drug-likeness (QED) is 0.718. The van der Waals surface area contributed by atoms with Crippen LogP contribution in [-0.4, -0.2) is 56.3 Å². The monoisotopic (exact) mass is 438 g/mol. The summed E-state index contributed by atoms with van der Waals surface area (Å²) in [6, 6.07) is 9.27. The number of alkyl halides is 2. The molecular formula is C21H24F2N2O4S. The van der Waals surface area contributed by atoms with E-state index in [1.165, 1.54) is 33.5 Å². The molecule has 0 aliphatic carbocycles. The summed E-state index contributed by atoms with van der Waals surface area (Å²) in [7, 11) is -3.68.